The van der Waals surface area contributed by atoms with Gasteiger partial charge < -0.3 is 4.74 Å². The number of hydrogen-bond donors (Lipinski definition) is 0. The molecule has 130 valence electrons. The van der Waals surface area contributed by atoms with Gasteiger partial charge in [-0.15, -0.1) is 0 Å². The number of hydrogen-bond acceptors (Lipinski definition) is 2. The fraction of sp³-hybridized carbons (Fsp3) is 0.952. The lowest BCUT2D eigenvalue weighted by molar-refractivity contribution is -0.145. The van der Waals surface area contributed by atoms with Crippen molar-refractivity contribution in [2.24, 2.45) is 40.4 Å². The summed E-state index contributed by atoms with van der Waals surface area (Å²) in [6, 6.07) is 0. The van der Waals surface area contributed by atoms with Gasteiger partial charge >= 0.3 is 5.97 Å². The molecule has 0 unspecified atom stereocenters. The molecule has 0 bridgehead atoms. The molecule has 2 nitrogen and oxygen atoms in total. The van der Waals surface area contributed by atoms with Gasteiger partial charge in [0.25, 0.3) is 0 Å². The Morgan fingerprint density at radius 1 is 1.00 bits per heavy atom. The zero-order chi connectivity index (χ0) is 16.2. The van der Waals surface area contributed by atoms with Crippen LogP contribution in [0.25, 0.3) is 0 Å². The summed E-state index contributed by atoms with van der Waals surface area (Å²) in [5.74, 6) is 3.78. The Morgan fingerprint density at radius 3 is 2.61 bits per heavy atom. The standard InChI is InChI=1S/C21H34O2/c1-20-11-9-17-16(18(20)12-14(13-20)19(22)23-3)8-7-15-6-4-5-10-21(15,17)2/h14-18H,4-13H2,1-3H3/t14-,15-,16-,17+,18+,20-,21+/m1/s1. The van der Waals surface area contributed by atoms with Crippen LogP contribution in [0.5, 0.6) is 0 Å². The third kappa shape index (κ3) is 2.30. The van der Waals surface area contributed by atoms with Crippen molar-refractivity contribution in [1.29, 1.82) is 0 Å². The first kappa shape index (κ1) is 16.0. The average Bonchev–Trinajstić information content (AvgIpc) is 2.91. The first-order chi connectivity index (χ1) is 11.0. The molecular formula is C21H34O2. The molecule has 0 spiro atoms. The van der Waals surface area contributed by atoms with Crippen molar-refractivity contribution in [3.63, 3.8) is 0 Å². The van der Waals surface area contributed by atoms with Crippen LogP contribution in [0.15, 0.2) is 0 Å². The van der Waals surface area contributed by atoms with Gasteiger partial charge in [0, 0.05) is 0 Å². The third-order valence-electron chi connectivity index (χ3n) is 8.89. The van der Waals surface area contributed by atoms with Crippen molar-refractivity contribution < 1.29 is 9.53 Å². The number of carbonyl (C=O) groups is 1. The fourth-order valence-electron chi connectivity index (χ4n) is 7.70. The number of fused-ring (bicyclic) bond motifs is 5. The molecule has 0 aromatic rings. The molecule has 4 saturated carbocycles. The van der Waals surface area contributed by atoms with E-state index in [0.29, 0.717) is 10.8 Å². The number of methoxy groups -OCH3 is 1. The smallest absolute Gasteiger partial charge is 0.308 e. The summed E-state index contributed by atoms with van der Waals surface area (Å²) in [6.07, 6.45) is 13.7. The van der Waals surface area contributed by atoms with Crippen LogP contribution in [0, 0.1) is 40.4 Å². The van der Waals surface area contributed by atoms with Gasteiger partial charge in [-0.05, 0) is 85.9 Å². The van der Waals surface area contributed by atoms with Crippen molar-refractivity contribution in [3.05, 3.63) is 0 Å². The Hall–Kier alpha value is -0.530. The maximum Gasteiger partial charge on any atom is 0.308 e. The van der Waals surface area contributed by atoms with Crippen molar-refractivity contribution in [3.8, 4) is 0 Å². The SMILES string of the molecule is COC(=O)[C@@H]1C[C@H]2[C@@H]3CC[C@H]4CCCC[C@]4(C)[C@H]3CC[C@]2(C)C1. The van der Waals surface area contributed by atoms with Crippen LogP contribution < -0.4 is 0 Å². The lowest BCUT2D eigenvalue weighted by atomic mass is 9.45. The van der Waals surface area contributed by atoms with Gasteiger partial charge in [0.05, 0.1) is 13.0 Å². The minimum absolute atomic E-state index is 0.0507. The summed E-state index contributed by atoms with van der Waals surface area (Å²) in [7, 11) is 1.56. The Morgan fingerprint density at radius 2 is 1.83 bits per heavy atom. The van der Waals surface area contributed by atoms with Gasteiger partial charge in [-0.2, -0.15) is 0 Å². The molecule has 4 aliphatic carbocycles. The Kier molecular flexibility index (Phi) is 3.81. The van der Waals surface area contributed by atoms with E-state index in [9.17, 15) is 4.79 Å². The lowest BCUT2D eigenvalue weighted by Gasteiger charge is -2.60. The van der Waals surface area contributed by atoms with Gasteiger partial charge in [-0.1, -0.05) is 26.7 Å². The van der Waals surface area contributed by atoms with E-state index in [-0.39, 0.29) is 11.9 Å². The van der Waals surface area contributed by atoms with Gasteiger partial charge in [0.2, 0.25) is 0 Å². The zero-order valence-corrected chi connectivity index (χ0v) is 15.3. The van der Waals surface area contributed by atoms with Gasteiger partial charge in [0.15, 0.2) is 0 Å². The first-order valence-corrected chi connectivity index (χ1v) is 10.1. The number of ether oxygens (including phenoxy) is 1. The number of esters is 1. The summed E-state index contributed by atoms with van der Waals surface area (Å²) in [6.45, 7) is 5.11. The molecule has 2 heteroatoms. The van der Waals surface area contributed by atoms with E-state index in [1.807, 2.05) is 0 Å². The molecule has 0 radical (unpaired) electrons. The predicted molar refractivity (Wildman–Crippen MR) is 91.9 cm³/mol. The summed E-state index contributed by atoms with van der Waals surface area (Å²) >= 11 is 0. The molecule has 23 heavy (non-hydrogen) atoms. The highest BCUT2D eigenvalue weighted by atomic mass is 16.5. The van der Waals surface area contributed by atoms with E-state index >= 15 is 0 Å². The summed E-state index contributed by atoms with van der Waals surface area (Å²) in [5, 5.41) is 0. The summed E-state index contributed by atoms with van der Waals surface area (Å²) in [4.78, 5) is 12.1. The molecule has 7 atom stereocenters. The second-order valence-corrected chi connectivity index (χ2v) is 9.76. The zero-order valence-electron chi connectivity index (χ0n) is 15.3. The molecule has 0 aromatic carbocycles. The van der Waals surface area contributed by atoms with Crippen LogP contribution in [-0.4, -0.2) is 13.1 Å². The monoisotopic (exact) mass is 318 g/mol. The van der Waals surface area contributed by atoms with Crippen molar-refractivity contribution in [1.82, 2.24) is 0 Å². The first-order valence-electron chi connectivity index (χ1n) is 10.1. The predicted octanol–water partition coefficient (Wildman–Crippen LogP) is 5.21. The van der Waals surface area contributed by atoms with Crippen molar-refractivity contribution in [2.45, 2.75) is 78.1 Å². The number of rotatable bonds is 1. The lowest BCUT2D eigenvalue weighted by Crippen LogP contribution is -2.51. The maximum absolute atomic E-state index is 12.1. The Bertz CT molecular complexity index is 486. The van der Waals surface area contributed by atoms with Crippen molar-refractivity contribution in [2.75, 3.05) is 7.11 Å². The van der Waals surface area contributed by atoms with Crippen LogP contribution in [0.3, 0.4) is 0 Å². The van der Waals surface area contributed by atoms with Crippen LogP contribution in [-0.2, 0) is 9.53 Å². The van der Waals surface area contributed by atoms with Crippen LogP contribution >= 0.6 is 0 Å². The minimum Gasteiger partial charge on any atom is -0.469 e. The molecule has 0 N–H and O–H groups in total. The van der Waals surface area contributed by atoms with Gasteiger partial charge in [-0.25, -0.2) is 0 Å². The fourth-order valence-corrected chi connectivity index (χ4v) is 7.70. The van der Waals surface area contributed by atoms with Crippen LogP contribution in [0.4, 0.5) is 0 Å². The largest absolute Gasteiger partial charge is 0.469 e. The molecule has 0 heterocycles. The molecular weight excluding hydrogens is 284 g/mol. The molecule has 4 rings (SSSR count). The second-order valence-electron chi connectivity index (χ2n) is 9.76. The van der Waals surface area contributed by atoms with E-state index in [1.54, 1.807) is 7.11 Å². The third-order valence-corrected chi connectivity index (χ3v) is 8.89. The highest BCUT2D eigenvalue weighted by molar-refractivity contribution is 5.72. The highest BCUT2D eigenvalue weighted by Gasteiger charge is 2.59. The maximum atomic E-state index is 12.1. The van der Waals surface area contributed by atoms with E-state index in [2.05, 4.69) is 13.8 Å². The normalized spacial score (nSPS) is 52.2. The van der Waals surface area contributed by atoms with E-state index in [0.717, 1.165) is 36.5 Å². The topological polar surface area (TPSA) is 26.3 Å². The average molecular weight is 319 g/mol. The summed E-state index contributed by atoms with van der Waals surface area (Å²) < 4.78 is 5.09. The second kappa shape index (κ2) is 5.49. The Labute approximate surface area is 141 Å². The van der Waals surface area contributed by atoms with Crippen LogP contribution in [0.1, 0.15) is 78.1 Å². The van der Waals surface area contributed by atoms with E-state index in [4.69, 9.17) is 4.74 Å². The molecule has 4 aliphatic rings. The molecule has 0 saturated heterocycles. The molecule has 0 amide bonds. The van der Waals surface area contributed by atoms with Crippen LogP contribution in [0.2, 0.25) is 0 Å². The highest BCUT2D eigenvalue weighted by Crippen LogP contribution is 2.66. The quantitative estimate of drug-likeness (QED) is 0.620. The van der Waals surface area contributed by atoms with E-state index < -0.39 is 0 Å². The molecule has 0 aromatic heterocycles. The van der Waals surface area contributed by atoms with Gasteiger partial charge in [0.1, 0.15) is 0 Å². The molecule has 0 aliphatic heterocycles. The van der Waals surface area contributed by atoms with E-state index in [1.165, 1.54) is 51.4 Å². The van der Waals surface area contributed by atoms with Gasteiger partial charge in [-0.3, -0.25) is 4.79 Å². The molecule has 4 fully saturated rings. The van der Waals surface area contributed by atoms with Crippen molar-refractivity contribution >= 4 is 5.97 Å². The number of carbonyl (C=O) groups excluding carboxylic acids is 1. The Balaban J connectivity index is 1.59. The minimum atomic E-state index is 0.0507. The summed E-state index contributed by atoms with van der Waals surface area (Å²) in [5.41, 5.74) is 1.00.